The molecule has 11 heteroatoms. The quantitative estimate of drug-likeness (QED) is 0.325. The molecule has 3 heterocycles. The van der Waals surface area contributed by atoms with Gasteiger partial charge in [0.15, 0.2) is 17.0 Å². The third-order valence-corrected chi connectivity index (χ3v) is 5.55. The number of benzene rings is 2. The molecule has 0 saturated heterocycles. The minimum absolute atomic E-state index is 0.120. The molecule has 0 saturated carbocycles. The molecule has 0 aliphatic carbocycles. The SMILES string of the molecule is Cc1ccc(NC(=O)c2cccc(C(F)(F)F)c2)cc1Oc1nc(-c2cccnc2)nc2c1ncn2C. The Morgan fingerprint density at radius 3 is 2.65 bits per heavy atom. The lowest BCUT2D eigenvalue weighted by Crippen LogP contribution is -2.14. The van der Waals surface area contributed by atoms with Gasteiger partial charge in [-0.1, -0.05) is 12.1 Å². The number of alkyl halides is 3. The molecule has 0 spiro atoms. The molecule has 3 aromatic heterocycles. The number of fused-ring (bicyclic) bond motifs is 1. The molecule has 0 bridgehead atoms. The van der Waals surface area contributed by atoms with Crippen LogP contribution in [-0.2, 0) is 13.2 Å². The summed E-state index contributed by atoms with van der Waals surface area (Å²) in [6.45, 7) is 1.81. The molecule has 37 heavy (non-hydrogen) atoms. The Morgan fingerprint density at radius 1 is 1.05 bits per heavy atom. The number of pyridine rings is 1. The van der Waals surface area contributed by atoms with E-state index in [1.165, 1.54) is 12.1 Å². The molecular formula is C26H19F3N6O2. The van der Waals surface area contributed by atoms with Crippen LogP contribution in [0.15, 0.2) is 73.3 Å². The first kappa shape index (κ1) is 23.9. The number of nitrogens with zero attached hydrogens (tertiary/aromatic N) is 5. The van der Waals surface area contributed by atoms with Gasteiger partial charge < -0.3 is 14.6 Å². The van der Waals surface area contributed by atoms with Crippen molar-refractivity contribution in [1.29, 1.82) is 0 Å². The van der Waals surface area contributed by atoms with Crippen molar-refractivity contribution in [3.8, 4) is 23.0 Å². The lowest BCUT2D eigenvalue weighted by Gasteiger charge is -2.13. The Labute approximate surface area is 208 Å². The van der Waals surface area contributed by atoms with E-state index in [9.17, 15) is 18.0 Å². The van der Waals surface area contributed by atoms with Crippen LogP contribution >= 0.6 is 0 Å². The maximum Gasteiger partial charge on any atom is 0.416 e. The van der Waals surface area contributed by atoms with Crippen LogP contribution in [0.4, 0.5) is 18.9 Å². The number of nitrogens with one attached hydrogen (secondary N) is 1. The summed E-state index contributed by atoms with van der Waals surface area (Å²) < 4.78 is 47.0. The Balaban J connectivity index is 1.46. The fraction of sp³-hybridized carbons (Fsp3) is 0.115. The van der Waals surface area contributed by atoms with Crippen molar-refractivity contribution < 1.29 is 22.7 Å². The Morgan fingerprint density at radius 2 is 1.89 bits per heavy atom. The molecule has 2 aromatic carbocycles. The Hall–Kier alpha value is -4.80. The second kappa shape index (κ2) is 9.34. The zero-order valence-electron chi connectivity index (χ0n) is 19.6. The molecule has 0 aliphatic rings. The van der Waals surface area contributed by atoms with E-state index in [2.05, 4.69) is 25.3 Å². The minimum Gasteiger partial charge on any atom is -0.437 e. The van der Waals surface area contributed by atoms with E-state index in [0.717, 1.165) is 17.7 Å². The van der Waals surface area contributed by atoms with Crippen molar-refractivity contribution in [2.24, 2.45) is 7.05 Å². The lowest BCUT2D eigenvalue weighted by atomic mass is 10.1. The fourth-order valence-corrected chi connectivity index (χ4v) is 3.61. The van der Waals surface area contributed by atoms with Crippen molar-refractivity contribution in [3.05, 3.63) is 90.0 Å². The molecular weight excluding hydrogens is 485 g/mol. The van der Waals surface area contributed by atoms with Crippen LogP contribution in [0, 0.1) is 6.92 Å². The van der Waals surface area contributed by atoms with E-state index >= 15 is 0 Å². The highest BCUT2D eigenvalue weighted by atomic mass is 19.4. The Bertz CT molecular complexity index is 1620. The monoisotopic (exact) mass is 504 g/mol. The second-order valence-electron chi connectivity index (χ2n) is 8.24. The van der Waals surface area contributed by atoms with E-state index in [-0.39, 0.29) is 11.4 Å². The first-order chi connectivity index (χ1) is 17.7. The zero-order chi connectivity index (χ0) is 26.2. The highest BCUT2D eigenvalue weighted by molar-refractivity contribution is 6.04. The summed E-state index contributed by atoms with van der Waals surface area (Å²) in [6.07, 6.45) is 0.324. The molecule has 1 N–H and O–H groups in total. The van der Waals surface area contributed by atoms with E-state index in [1.54, 1.807) is 54.6 Å². The fourth-order valence-electron chi connectivity index (χ4n) is 3.61. The normalized spacial score (nSPS) is 11.5. The number of amides is 1. The summed E-state index contributed by atoms with van der Waals surface area (Å²) in [4.78, 5) is 30.3. The van der Waals surface area contributed by atoms with Crippen LogP contribution < -0.4 is 10.1 Å². The smallest absolute Gasteiger partial charge is 0.416 e. The van der Waals surface area contributed by atoms with Gasteiger partial charge in [0.25, 0.3) is 11.8 Å². The third kappa shape index (κ3) is 4.96. The van der Waals surface area contributed by atoms with Crippen molar-refractivity contribution in [3.63, 3.8) is 0 Å². The van der Waals surface area contributed by atoms with Gasteiger partial charge in [-0.05, 0) is 48.9 Å². The molecule has 0 fully saturated rings. The highest BCUT2D eigenvalue weighted by Gasteiger charge is 2.31. The van der Waals surface area contributed by atoms with Gasteiger partial charge in [0, 0.05) is 42.3 Å². The van der Waals surface area contributed by atoms with Gasteiger partial charge >= 0.3 is 6.18 Å². The average molecular weight is 504 g/mol. The number of hydrogen-bond donors (Lipinski definition) is 1. The number of halogens is 3. The molecule has 1 amide bonds. The predicted octanol–water partition coefficient (Wildman–Crippen LogP) is 5.80. The van der Waals surface area contributed by atoms with Crippen molar-refractivity contribution in [2.75, 3.05) is 5.32 Å². The molecule has 5 rings (SSSR count). The molecule has 0 atom stereocenters. The summed E-state index contributed by atoms with van der Waals surface area (Å²) in [5.41, 5.74) is 1.73. The van der Waals surface area contributed by atoms with Crippen molar-refractivity contribution in [2.45, 2.75) is 13.1 Å². The van der Waals surface area contributed by atoms with Crippen LogP contribution in [0.1, 0.15) is 21.5 Å². The first-order valence-electron chi connectivity index (χ1n) is 11.1. The van der Waals surface area contributed by atoms with Crippen LogP contribution in [0.5, 0.6) is 11.6 Å². The van der Waals surface area contributed by atoms with Gasteiger partial charge in [-0.3, -0.25) is 9.78 Å². The van der Waals surface area contributed by atoms with Crippen molar-refractivity contribution in [1.82, 2.24) is 24.5 Å². The lowest BCUT2D eigenvalue weighted by molar-refractivity contribution is -0.137. The maximum absolute atomic E-state index is 13.0. The number of hydrogen-bond acceptors (Lipinski definition) is 6. The number of carbonyl (C=O) groups is 1. The number of aryl methyl sites for hydroxylation is 2. The first-order valence-corrected chi connectivity index (χ1v) is 11.1. The molecule has 5 aromatic rings. The standard InChI is InChI=1S/C26H19F3N6O2/c1-15-8-9-19(32-24(36)16-5-3-7-18(11-16)26(27,28)29)12-20(15)37-25-21-23(35(2)14-31-21)33-22(34-25)17-6-4-10-30-13-17/h3-14H,1-2H3,(H,32,36). The van der Waals surface area contributed by atoms with Crippen LogP contribution in [-0.4, -0.2) is 30.4 Å². The largest absolute Gasteiger partial charge is 0.437 e. The molecule has 0 aliphatic heterocycles. The molecule has 0 unspecified atom stereocenters. The predicted molar refractivity (Wildman–Crippen MR) is 130 cm³/mol. The van der Waals surface area contributed by atoms with Crippen molar-refractivity contribution >= 4 is 22.8 Å². The van der Waals surface area contributed by atoms with E-state index < -0.39 is 17.6 Å². The second-order valence-corrected chi connectivity index (χ2v) is 8.24. The van der Waals surface area contributed by atoms with E-state index in [1.807, 2.05) is 13.0 Å². The van der Waals surface area contributed by atoms with E-state index in [0.29, 0.717) is 34.0 Å². The van der Waals surface area contributed by atoms with Gasteiger partial charge in [-0.2, -0.15) is 18.2 Å². The van der Waals surface area contributed by atoms with Gasteiger partial charge in [0.1, 0.15) is 5.75 Å². The summed E-state index contributed by atoms with van der Waals surface area (Å²) in [5.74, 6) is 0.290. The third-order valence-electron chi connectivity index (χ3n) is 5.55. The number of ether oxygens (including phenoxy) is 1. The molecule has 8 nitrogen and oxygen atoms in total. The molecule has 186 valence electrons. The van der Waals surface area contributed by atoms with Gasteiger partial charge in [-0.25, -0.2) is 9.97 Å². The summed E-state index contributed by atoms with van der Waals surface area (Å²) in [5, 5.41) is 2.62. The summed E-state index contributed by atoms with van der Waals surface area (Å²) >= 11 is 0. The Kier molecular flexibility index (Phi) is 6.04. The summed E-state index contributed by atoms with van der Waals surface area (Å²) in [7, 11) is 1.80. The zero-order valence-corrected chi connectivity index (χ0v) is 19.6. The number of carbonyl (C=O) groups excluding carboxylic acids is 1. The van der Waals surface area contributed by atoms with Crippen LogP contribution in [0.2, 0.25) is 0 Å². The highest BCUT2D eigenvalue weighted by Crippen LogP contribution is 2.33. The van der Waals surface area contributed by atoms with Gasteiger partial charge in [-0.15, -0.1) is 0 Å². The maximum atomic E-state index is 13.0. The van der Waals surface area contributed by atoms with Gasteiger partial charge in [0.2, 0.25) is 0 Å². The number of anilines is 1. The number of rotatable bonds is 5. The van der Waals surface area contributed by atoms with Crippen LogP contribution in [0.3, 0.4) is 0 Å². The summed E-state index contributed by atoms with van der Waals surface area (Å²) in [6, 6.07) is 12.7. The topological polar surface area (TPSA) is 94.8 Å². The van der Waals surface area contributed by atoms with Gasteiger partial charge in [0.05, 0.1) is 11.9 Å². The minimum atomic E-state index is -4.55. The number of aromatic nitrogens is 5. The average Bonchev–Trinajstić information content (AvgIpc) is 3.27. The van der Waals surface area contributed by atoms with Crippen LogP contribution in [0.25, 0.3) is 22.6 Å². The number of imidazole rings is 1. The molecule has 0 radical (unpaired) electrons. The van der Waals surface area contributed by atoms with E-state index in [4.69, 9.17) is 4.74 Å².